The minimum Gasteiger partial charge on any atom is -0.481 e. The van der Waals surface area contributed by atoms with E-state index in [-0.39, 0.29) is 11.3 Å². The summed E-state index contributed by atoms with van der Waals surface area (Å²) in [6.07, 6.45) is 0. The summed E-state index contributed by atoms with van der Waals surface area (Å²) in [6.45, 7) is 9.07. The molecule has 0 aliphatic rings. The summed E-state index contributed by atoms with van der Waals surface area (Å²) >= 11 is 1.03. The van der Waals surface area contributed by atoms with E-state index in [0.29, 0.717) is 10.6 Å². The van der Waals surface area contributed by atoms with Crippen molar-refractivity contribution in [1.29, 1.82) is 0 Å². The molecule has 1 amide bonds. The fourth-order valence-electron chi connectivity index (χ4n) is 1.44. The Morgan fingerprint density at radius 2 is 1.89 bits per heavy atom. The number of amides is 1. The van der Waals surface area contributed by atoms with Gasteiger partial charge in [-0.05, 0) is 25.4 Å². The number of aliphatic carboxylic acids is 1. The molecule has 1 rings (SSSR count). The second-order valence-electron chi connectivity index (χ2n) is 5.59. The number of hydrogen-bond donors (Lipinski definition) is 2. The maximum atomic E-state index is 12.1. The molecule has 0 fully saturated rings. The largest absolute Gasteiger partial charge is 0.481 e. The van der Waals surface area contributed by atoms with Crippen LogP contribution in [0.1, 0.15) is 50.0 Å². The van der Waals surface area contributed by atoms with Gasteiger partial charge in [0, 0.05) is 11.5 Å². The van der Waals surface area contributed by atoms with Crippen LogP contribution < -0.4 is 5.32 Å². The summed E-state index contributed by atoms with van der Waals surface area (Å²) in [4.78, 5) is 23.4. The van der Waals surface area contributed by atoms with Gasteiger partial charge < -0.3 is 10.4 Å². The van der Waals surface area contributed by atoms with Gasteiger partial charge in [-0.2, -0.15) is 0 Å². The lowest BCUT2D eigenvalue weighted by Crippen LogP contribution is -2.40. The maximum absolute atomic E-state index is 12.1. The van der Waals surface area contributed by atoms with E-state index in [2.05, 4.69) is 14.9 Å². The topological polar surface area (TPSA) is 92.2 Å². The second-order valence-corrected chi connectivity index (χ2v) is 6.34. The highest BCUT2D eigenvalue weighted by molar-refractivity contribution is 7.08. The lowest BCUT2D eigenvalue weighted by atomic mass is 9.91. The highest BCUT2D eigenvalue weighted by atomic mass is 32.1. The molecule has 2 N–H and O–H groups in total. The molecule has 0 saturated heterocycles. The quantitative estimate of drug-likeness (QED) is 0.878. The first-order valence-electron chi connectivity index (χ1n) is 6.01. The van der Waals surface area contributed by atoms with Crippen LogP contribution in [0.15, 0.2) is 0 Å². The summed E-state index contributed by atoms with van der Waals surface area (Å²) in [7, 11) is 0. The van der Waals surface area contributed by atoms with E-state index >= 15 is 0 Å². The zero-order valence-electron chi connectivity index (χ0n) is 11.7. The Morgan fingerprint density at radius 1 is 1.32 bits per heavy atom. The number of carbonyl (C=O) groups is 2. The molecule has 7 heteroatoms. The highest BCUT2D eigenvalue weighted by Crippen LogP contribution is 2.25. The van der Waals surface area contributed by atoms with Crippen LogP contribution >= 0.6 is 11.5 Å². The van der Waals surface area contributed by atoms with Gasteiger partial charge in [-0.15, -0.1) is 5.10 Å². The maximum Gasteiger partial charge on any atom is 0.308 e. The van der Waals surface area contributed by atoms with Crippen molar-refractivity contribution in [3.05, 3.63) is 10.6 Å². The number of rotatable bonds is 4. The third kappa shape index (κ3) is 3.73. The molecule has 0 aliphatic carbocycles. The minimum atomic E-state index is -0.939. The Balaban J connectivity index is 2.86. The Bertz CT molecular complexity index is 479. The average molecular weight is 285 g/mol. The fourth-order valence-corrected chi connectivity index (χ4v) is 2.22. The van der Waals surface area contributed by atoms with Gasteiger partial charge in [-0.3, -0.25) is 9.59 Å². The molecular formula is C12H19N3O3S. The molecule has 1 heterocycles. The molecule has 0 aromatic carbocycles. The Hall–Kier alpha value is -1.50. The first-order valence-corrected chi connectivity index (χ1v) is 6.78. The number of carboxylic acids is 1. The lowest BCUT2D eigenvalue weighted by Gasteiger charge is -2.19. The summed E-state index contributed by atoms with van der Waals surface area (Å²) in [5.41, 5.74) is 0.353. The number of nitrogens with zero attached hydrogens (tertiary/aromatic N) is 2. The first-order chi connectivity index (χ1) is 8.64. The van der Waals surface area contributed by atoms with Gasteiger partial charge in [0.05, 0.1) is 11.6 Å². The highest BCUT2D eigenvalue weighted by Gasteiger charge is 2.28. The molecule has 0 radical (unpaired) electrons. The van der Waals surface area contributed by atoms with Crippen molar-refractivity contribution in [1.82, 2.24) is 14.9 Å². The molecule has 1 aromatic heterocycles. The van der Waals surface area contributed by atoms with Gasteiger partial charge in [-0.25, -0.2) is 0 Å². The molecule has 1 aromatic rings. The number of hydrogen-bond acceptors (Lipinski definition) is 5. The molecule has 0 aliphatic heterocycles. The standard InChI is InChI=1S/C12H19N3O3S/c1-6(11(17)18)7(2)13-10(16)8-9(12(3,4)5)14-15-19-8/h6-7H,1-5H3,(H,13,16)(H,17,18). The monoisotopic (exact) mass is 285 g/mol. The van der Waals surface area contributed by atoms with Gasteiger partial charge in [0.25, 0.3) is 5.91 Å². The van der Waals surface area contributed by atoms with Gasteiger partial charge >= 0.3 is 5.97 Å². The molecule has 106 valence electrons. The fraction of sp³-hybridized carbons (Fsp3) is 0.667. The smallest absolute Gasteiger partial charge is 0.308 e. The zero-order chi connectivity index (χ0) is 14.8. The predicted molar refractivity (Wildman–Crippen MR) is 72.3 cm³/mol. The van der Waals surface area contributed by atoms with Crippen LogP contribution in [0.3, 0.4) is 0 Å². The SMILES string of the molecule is CC(NC(=O)c1snnc1C(C)(C)C)C(C)C(=O)O. The van der Waals surface area contributed by atoms with E-state index in [9.17, 15) is 9.59 Å². The molecule has 0 spiro atoms. The molecule has 19 heavy (non-hydrogen) atoms. The Morgan fingerprint density at radius 3 is 2.37 bits per heavy atom. The Kier molecular flexibility index (Phi) is 4.62. The predicted octanol–water partition coefficient (Wildman–Crippen LogP) is 1.67. The van der Waals surface area contributed by atoms with Crippen molar-refractivity contribution >= 4 is 23.4 Å². The zero-order valence-corrected chi connectivity index (χ0v) is 12.5. The lowest BCUT2D eigenvalue weighted by molar-refractivity contribution is -0.141. The summed E-state index contributed by atoms with van der Waals surface area (Å²) in [5, 5.41) is 15.6. The van der Waals surface area contributed by atoms with Crippen molar-refractivity contribution in [3.63, 3.8) is 0 Å². The van der Waals surface area contributed by atoms with Crippen LogP contribution in [0, 0.1) is 5.92 Å². The third-order valence-electron chi connectivity index (χ3n) is 2.90. The number of aromatic nitrogens is 2. The van der Waals surface area contributed by atoms with E-state index < -0.39 is 17.9 Å². The average Bonchev–Trinajstić information content (AvgIpc) is 2.75. The molecule has 2 atom stereocenters. The molecule has 0 bridgehead atoms. The van der Waals surface area contributed by atoms with Crippen LogP contribution in [-0.4, -0.2) is 32.6 Å². The van der Waals surface area contributed by atoms with Crippen molar-refractivity contribution in [2.75, 3.05) is 0 Å². The van der Waals surface area contributed by atoms with Crippen LogP contribution in [-0.2, 0) is 10.2 Å². The minimum absolute atomic E-state index is 0.276. The number of carbonyl (C=O) groups excluding carboxylic acids is 1. The number of carboxylic acid groups (broad SMARTS) is 1. The van der Waals surface area contributed by atoms with Gasteiger partial charge in [0.2, 0.25) is 0 Å². The van der Waals surface area contributed by atoms with Gasteiger partial charge in [0.15, 0.2) is 0 Å². The van der Waals surface area contributed by atoms with Crippen LogP contribution in [0.4, 0.5) is 0 Å². The van der Waals surface area contributed by atoms with Crippen LogP contribution in [0.2, 0.25) is 0 Å². The molecule has 0 saturated carbocycles. The molecule has 2 unspecified atom stereocenters. The van der Waals surface area contributed by atoms with Gasteiger partial charge in [0.1, 0.15) is 4.88 Å². The van der Waals surface area contributed by atoms with Crippen LogP contribution in [0.5, 0.6) is 0 Å². The van der Waals surface area contributed by atoms with Gasteiger partial charge in [-0.1, -0.05) is 25.3 Å². The first kappa shape index (κ1) is 15.6. The summed E-state index contributed by atoms with van der Waals surface area (Å²) < 4.78 is 3.81. The van der Waals surface area contributed by atoms with E-state index in [1.54, 1.807) is 13.8 Å². The molecular weight excluding hydrogens is 266 g/mol. The van der Waals surface area contributed by atoms with Crippen molar-refractivity contribution < 1.29 is 14.7 Å². The van der Waals surface area contributed by atoms with E-state index in [1.165, 1.54) is 0 Å². The van der Waals surface area contributed by atoms with E-state index in [0.717, 1.165) is 11.5 Å². The van der Waals surface area contributed by atoms with Crippen molar-refractivity contribution in [3.8, 4) is 0 Å². The normalized spacial score (nSPS) is 14.8. The van der Waals surface area contributed by atoms with Crippen molar-refractivity contribution in [2.45, 2.75) is 46.1 Å². The van der Waals surface area contributed by atoms with Crippen LogP contribution in [0.25, 0.3) is 0 Å². The number of nitrogens with one attached hydrogen (secondary N) is 1. The van der Waals surface area contributed by atoms with E-state index in [4.69, 9.17) is 5.11 Å². The van der Waals surface area contributed by atoms with E-state index in [1.807, 2.05) is 20.8 Å². The molecule has 6 nitrogen and oxygen atoms in total. The summed E-state index contributed by atoms with van der Waals surface area (Å²) in [5.74, 6) is -1.91. The summed E-state index contributed by atoms with van der Waals surface area (Å²) in [6, 6.07) is -0.458. The second kappa shape index (κ2) is 5.64. The van der Waals surface area contributed by atoms with Crippen molar-refractivity contribution in [2.24, 2.45) is 5.92 Å². The Labute approximate surface area is 116 Å². The third-order valence-corrected chi connectivity index (χ3v) is 3.63.